The van der Waals surface area contributed by atoms with Gasteiger partial charge in [-0.1, -0.05) is 25.1 Å². The van der Waals surface area contributed by atoms with Crippen LogP contribution in [0, 0.1) is 0 Å². The molecular formula is C15H20O3. The summed E-state index contributed by atoms with van der Waals surface area (Å²) in [4.78, 5) is 12.0. The second-order valence-corrected chi connectivity index (χ2v) is 3.98. The van der Waals surface area contributed by atoms with Crippen molar-refractivity contribution in [3.63, 3.8) is 0 Å². The minimum Gasteiger partial charge on any atom is -0.493 e. The van der Waals surface area contributed by atoms with Crippen molar-refractivity contribution in [3.8, 4) is 5.75 Å². The number of ketones is 1. The summed E-state index contributed by atoms with van der Waals surface area (Å²) in [6, 6.07) is 5.53. The van der Waals surface area contributed by atoms with Crippen molar-refractivity contribution < 1.29 is 14.3 Å². The summed E-state index contributed by atoms with van der Waals surface area (Å²) in [5.41, 5.74) is 1.55. The van der Waals surface area contributed by atoms with Crippen LogP contribution >= 0.6 is 0 Å². The molecule has 3 heteroatoms. The lowest BCUT2D eigenvalue weighted by Gasteiger charge is -2.13. The zero-order valence-electron chi connectivity index (χ0n) is 11.1. The maximum absolute atomic E-state index is 12.0. The Labute approximate surface area is 108 Å². The fraction of sp³-hybridized carbons (Fsp3) is 0.400. The highest BCUT2D eigenvalue weighted by atomic mass is 16.5. The molecule has 0 atom stereocenters. The highest BCUT2D eigenvalue weighted by Gasteiger charge is 2.14. The molecule has 0 unspecified atom stereocenters. The number of carbonyl (C=O) groups excluding carboxylic acids is 1. The summed E-state index contributed by atoms with van der Waals surface area (Å²) in [5.74, 6) is 0.731. The molecule has 0 spiro atoms. The fourth-order valence-corrected chi connectivity index (χ4v) is 1.74. The molecule has 0 saturated carbocycles. The predicted molar refractivity (Wildman–Crippen MR) is 72.3 cm³/mol. The predicted octanol–water partition coefficient (Wildman–Crippen LogP) is 3.03. The van der Waals surface area contributed by atoms with Crippen molar-refractivity contribution >= 4 is 5.78 Å². The molecule has 0 radical (unpaired) electrons. The van der Waals surface area contributed by atoms with Crippen LogP contribution in [-0.2, 0) is 11.2 Å². The van der Waals surface area contributed by atoms with Gasteiger partial charge in [-0.15, -0.1) is 6.58 Å². The van der Waals surface area contributed by atoms with Crippen LogP contribution < -0.4 is 4.74 Å². The molecule has 0 fully saturated rings. The van der Waals surface area contributed by atoms with Crippen LogP contribution in [0.5, 0.6) is 5.75 Å². The largest absolute Gasteiger partial charge is 0.493 e. The van der Waals surface area contributed by atoms with E-state index in [1.165, 1.54) is 7.11 Å². The Morgan fingerprint density at radius 1 is 1.44 bits per heavy atom. The monoisotopic (exact) mass is 248 g/mol. The number of Topliss-reactive ketones (excluding diaryl/α,β-unsaturated/α-hetero) is 1. The number of rotatable bonds is 8. The van der Waals surface area contributed by atoms with Gasteiger partial charge in [0.15, 0.2) is 5.78 Å². The van der Waals surface area contributed by atoms with E-state index in [4.69, 9.17) is 9.47 Å². The second-order valence-electron chi connectivity index (χ2n) is 3.98. The third-order valence-electron chi connectivity index (χ3n) is 2.52. The quantitative estimate of drug-likeness (QED) is 0.524. The molecule has 18 heavy (non-hydrogen) atoms. The molecule has 1 rings (SSSR count). The molecule has 0 aromatic heterocycles. The van der Waals surface area contributed by atoms with E-state index in [1.807, 2.05) is 19.1 Å². The van der Waals surface area contributed by atoms with Gasteiger partial charge in [-0.25, -0.2) is 0 Å². The Balaban J connectivity index is 3.07. The molecule has 0 bridgehead atoms. The zero-order valence-corrected chi connectivity index (χ0v) is 11.1. The summed E-state index contributed by atoms with van der Waals surface area (Å²) < 4.78 is 10.6. The van der Waals surface area contributed by atoms with Gasteiger partial charge in [0.25, 0.3) is 0 Å². The first-order chi connectivity index (χ1) is 8.74. The minimum atomic E-state index is -0.0312. The lowest BCUT2D eigenvalue weighted by molar-refractivity contribution is 0.0846. The van der Waals surface area contributed by atoms with E-state index in [1.54, 1.807) is 12.1 Å². The summed E-state index contributed by atoms with van der Waals surface area (Å²) >= 11 is 0. The first-order valence-electron chi connectivity index (χ1n) is 6.12. The Bertz CT molecular complexity index is 410. The van der Waals surface area contributed by atoms with Crippen LogP contribution in [0.2, 0.25) is 0 Å². The normalized spacial score (nSPS) is 10.1. The van der Waals surface area contributed by atoms with Crippen LogP contribution in [0.1, 0.15) is 29.3 Å². The standard InChI is InChI=1S/C15H20O3/c1-4-7-13-12(14(16)11-17-3)8-6-9-15(13)18-10-5-2/h4,6,8-9H,1,5,7,10-11H2,2-3H3. The van der Waals surface area contributed by atoms with Crippen LogP contribution in [0.4, 0.5) is 0 Å². The molecule has 0 aliphatic heterocycles. The minimum absolute atomic E-state index is 0.0312. The molecule has 0 amide bonds. The molecule has 0 N–H and O–H groups in total. The van der Waals surface area contributed by atoms with Crippen molar-refractivity contribution in [1.82, 2.24) is 0 Å². The lowest BCUT2D eigenvalue weighted by Crippen LogP contribution is -2.11. The van der Waals surface area contributed by atoms with Gasteiger partial charge < -0.3 is 9.47 Å². The van der Waals surface area contributed by atoms with Gasteiger partial charge in [0.1, 0.15) is 12.4 Å². The average molecular weight is 248 g/mol. The van der Waals surface area contributed by atoms with Gasteiger partial charge in [-0.2, -0.15) is 0 Å². The van der Waals surface area contributed by atoms with E-state index in [-0.39, 0.29) is 12.4 Å². The Morgan fingerprint density at radius 3 is 2.83 bits per heavy atom. The van der Waals surface area contributed by atoms with E-state index in [2.05, 4.69) is 6.58 Å². The van der Waals surface area contributed by atoms with Gasteiger partial charge in [-0.3, -0.25) is 4.79 Å². The van der Waals surface area contributed by atoms with Gasteiger partial charge in [0.05, 0.1) is 6.61 Å². The fourth-order valence-electron chi connectivity index (χ4n) is 1.74. The Kier molecular flexibility index (Phi) is 6.15. The van der Waals surface area contributed by atoms with Crippen LogP contribution in [0.15, 0.2) is 30.9 Å². The number of ether oxygens (including phenoxy) is 2. The molecule has 0 aliphatic rings. The van der Waals surface area contributed by atoms with Crippen molar-refractivity contribution in [3.05, 3.63) is 42.0 Å². The topological polar surface area (TPSA) is 35.5 Å². The number of methoxy groups -OCH3 is 1. The van der Waals surface area contributed by atoms with Crippen molar-refractivity contribution in [2.45, 2.75) is 19.8 Å². The molecule has 0 heterocycles. The molecule has 3 nitrogen and oxygen atoms in total. The number of allylic oxidation sites excluding steroid dienone is 1. The van der Waals surface area contributed by atoms with Crippen molar-refractivity contribution in [2.24, 2.45) is 0 Å². The van der Waals surface area contributed by atoms with Gasteiger partial charge >= 0.3 is 0 Å². The van der Waals surface area contributed by atoms with Gasteiger partial charge in [0.2, 0.25) is 0 Å². The molecule has 98 valence electrons. The Morgan fingerprint density at radius 2 is 2.22 bits per heavy atom. The highest BCUT2D eigenvalue weighted by molar-refractivity contribution is 5.99. The number of hydrogen-bond donors (Lipinski definition) is 0. The molecular weight excluding hydrogens is 228 g/mol. The summed E-state index contributed by atoms with van der Waals surface area (Å²) in [6.07, 6.45) is 3.33. The first kappa shape index (κ1) is 14.5. The van der Waals surface area contributed by atoms with Crippen LogP contribution in [0.3, 0.4) is 0 Å². The SMILES string of the molecule is C=CCc1c(OCCC)cccc1C(=O)COC. The highest BCUT2D eigenvalue weighted by Crippen LogP contribution is 2.24. The number of carbonyl (C=O) groups is 1. The van der Waals surface area contributed by atoms with Gasteiger partial charge in [-0.05, 0) is 18.9 Å². The van der Waals surface area contributed by atoms with Crippen molar-refractivity contribution in [2.75, 3.05) is 20.3 Å². The van der Waals surface area contributed by atoms with E-state index in [0.717, 1.165) is 17.7 Å². The van der Waals surface area contributed by atoms with E-state index in [0.29, 0.717) is 18.6 Å². The first-order valence-corrected chi connectivity index (χ1v) is 6.12. The summed E-state index contributed by atoms with van der Waals surface area (Å²) in [7, 11) is 1.52. The van der Waals surface area contributed by atoms with Gasteiger partial charge in [0, 0.05) is 18.2 Å². The second kappa shape index (κ2) is 7.67. The maximum atomic E-state index is 12.0. The van der Waals surface area contributed by atoms with Crippen molar-refractivity contribution in [1.29, 1.82) is 0 Å². The van der Waals surface area contributed by atoms with E-state index in [9.17, 15) is 4.79 Å². The molecule has 0 saturated heterocycles. The smallest absolute Gasteiger partial charge is 0.188 e. The molecule has 1 aromatic rings. The third-order valence-corrected chi connectivity index (χ3v) is 2.52. The Hall–Kier alpha value is -1.61. The summed E-state index contributed by atoms with van der Waals surface area (Å²) in [6.45, 7) is 6.50. The zero-order chi connectivity index (χ0) is 13.4. The number of hydrogen-bond acceptors (Lipinski definition) is 3. The summed E-state index contributed by atoms with van der Waals surface area (Å²) in [5, 5.41) is 0. The third kappa shape index (κ3) is 3.70. The average Bonchev–Trinajstić information content (AvgIpc) is 2.38. The lowest BCUT2D eigenvalue weighted by atomic mass is 10.00. The molecule has 0 aliphatic carbocycles. The van der Waals surface area contributed by atoms with Crippen LogP contribution in [0.25, 0.3) is 0 Å². The van der Waals surface area contributed by atoms with E-state index >= 15 is 0 Å². The van der Waals surface area contributed by atoms with E-state index < -0.39 is 0 Å². The molecule has 1 aromatic carbocycles. The maximum Gasteiger partial charge on any atom is 0.188 e. The van der Waals surface area contributed by atoms with Crippen LogP contribution in [-0.4, -0.2) is 26.1 Å². The number of benzene rings is 1.